The van der Waals surface area contributed by atoms with Crippen molar-refractivity contribution in [2.24, 2.45) is 0 Å². The van der Waals surface area contributed by atoms with E-state index in [4.69, 9.17) is 18.9 Å². The van der Waals surface area contributed by atoms with Gasteiger partial charge in [-0.3, -0.25) is 9.35 Å². The molecule has 356 valence electrons. The lowest BCUT2D eigenvalue weighted by Gasteiger charge is -2.40. The highest BCUT2D eigenvalue weighted by atomic mass is 32.2. The number of aliphatic hydroxyl groups excluding tert-OH is 3. The van der Waals surface area contributed by atoms with Gasteiger partial charge in [0.15, 0.2) is 12.4 Å². The van der Waals surface area contributed by atoms with Crippen molar-refractivity contribution in [2.75, 3.05) is 19.0 Å². The van der Waals surface area contributed by atoms with E-state index < -0.39 is 71.2 Å². The van der Waals surface area contributed by atoms with Crippen LogP contribution in [-0.2, 0) is 38.7 Å². The van der Waals surface area contributed by atoms with Crippen LogP contribution in [0.25, 0.3) is 0 Å². The number of carbonyl (C=O) groups is 2. The van der Waals surface area contributed by atoms with Gasteiger partial charge < -0.3 is 34.3 Å². The Hall–Kier alpha value is -2.91. The Morgan fingerprint density at radius 3 is 1.65 bits per heavy atom. The molecule has 1 saturated heterocycles. The fourth-order valence-electron chi connectivity index (χ4n) is 6.68. The quantitative estimate of drug-likeness (QED) is 0.0115. The van der Waals surface area contributed by atoms with Crippen LogP contribution in [0.5, 0.6) is 0 Å². The third kappa shape index (κ3) is 32.7. The van der Waals surface area contributed by atoms with Crippen LogP contribution in [0.4, 0.5) is 0 Å². The zero-order chi connectivity index (χ0) is 45.5. The number of rotatable bonds is 38. The zero-order valence-electron chi connectivity index (χ0n) is 37.9. The molecule has 0 amide bonds. The fourth-order valence-corrected chi connectivity index (χ4v) is 7.37. The van der Waals surface area contributed by atoms with E-state index in [9.17, 15) is 37.9 Å². The molecule has 0 spiro atoms. The van der Waals surface area contributed by atoms with E-state index in [2.05, 4.69) is 62.5 Å². The molecule has 0 aromatic rings. The van der Waals surface area contributed by atoms with Crippen LogP contribution in [0.2, 0.25) is 0 Å². The predicted octanol–water partition coefficient (Wildman–Crippen LogP) is 9.89. The van der Waals surface area contributed by atoms with Gasteiger partial charge in [-0.2, -0.15) is 8.42 Å². The van der Waals surface area contributed by atoms with Gasteiger partial charge >= 0.3 is 11.9 Å². The molecule has 12 nitrogen and oxygen atoms in total. The van der Waals surface area contributed by atoms with Crippen LogP contribution < -0.4 is 0 Å². The van der Waals surface area contributed by atoms with E-state index in [0.717, 1.165) is 64.2 Å². The first kappa shape index (κ1) is 57.1. The van der Waals surface area contributed by atoms with E-state index >= 15 is 0 Å². The van der Waals surface area contributed by atoms with Gasteiger partial charge in [0, 0.05) is 12.5 Å². The first-order valence-corrected chi connectivity index (χ1v) is 25.1. The summed E-state index contributed by atoms with van der Waals surface area (Å²) in [5.41, 5.74) is 0. The topological polar surface area (TPSA) is 186 Å². The van der Waals surface area contributed by atoms with Gasteiger partial charge in [-0.25, -0.2) is 4.79 Å². The summed E-state index contributed by atoms with van der Waals surface area (Å²) < 4.78 is 53.9. The first-order valence-electron chi connectivity index (χ1n) is 23.5. The Kier molecular flexibility index (Phi) is 35.5. The van der Waals surface area contributed by atoms with Crippen molar-refractivity contribution in [3.8, 4) is 0 Å². The molecule has 0 saturated carbocycles. The van der Waals surface area contributed by atoms with Crippen molar-refractivity contribution in [3.05, 3.63) is 72.9 Å². The fraction of sp³-hybridized carbons (Fsp3) is 0.714. The normalized spacial score (nSPS) is 20.5. The SMILES string of the molecule is CCCCC/C=C/C/C=C/C/C=C/C/C=C/CCCCCC(=O)OC[C@H](CO[C@H]1O[C@H](CS(=O)(=O)O)[C@@H](O)C(O)C1O)OC(=O)/C=C/C=C/CCCCCCCCCCCCC. The number of carbonyl (C=O) groups excluding carboxylic acids is 2. The lowest BCUT2D eigenvalue weighted by Crippen LogP contribution is -2.60. The molecule has 62 heavy (non-hydrogen) atoms. The molecule has 6 atom stereocenters. The highest BCUT2D eigenvalue weighted by molar-refractivity contribution is 7.85. The van der Waals surface area contributed by atoms with Crippen molar-refractivity contribution in [2.45, 2.75) is 205 Å². The summed E-state index contributed by atoms with van der Waals surface area (Å²) in [5.74, 6) is -2.30. The lowest BCUT2D eigenvalue weighted by atomic mass is 10.00. The van der Waals surface area contributed by atoms with Crippen LogP contribution in [0, 0.1) is 0 Å². The van der Waals surface area contributed by atoms with Gasteiger partial charge in [0.1, 0.15) is 36.8 Å². The molecule has 0 aromatic carbocycles. The summed E-state index contributed by atoms with van der Waals surface area (Å²) >= 11 is 0. The Bertz CT molecular complexity index is 1420. The van der Waals surface area contributed by atoms with E-state index in [1.54, 1.807) is 12.2 Å². The maximum atomic E-state index is 12.7. The van der Waals surface area contributed by atoms with E-state index in [1.807, 2.05) is 6.08 Å². The molecular weight excluding hydrogens is 813 g/mol. The molecule has 0 radical (unpaired) electrons. The average Bonchev–Trinajstić information content (AvgIpc) is 3.24. The molecular formula is C49H82O12S. The summed E-state index contributed by atoms with van der Waals surface area (Å²) in [4.78, 5) is 25.3. The molecule has 1 aliphatic rings. The van der Waals surface area contributed by atoms with Crippen molar-refractivity contribution >= 4 is 22.1 Å². The lowest BCUT2D eigenvalue weighted by molar-refractivity contribution is -0.297. The number of esters is 2. The molecule has 0 aliphatic carbocycles. The average molecular weight is 895 g/mol. The van der Waals surface area contributed by atoms with Gasteiger partial charge in [0.2, 0.25) is 0 Å². The summed E-state index contributed by atoms with van der Waals surface area (Å²) in [6, 6.07) is 0. The first-order chi connectivity index (χ1) is 30.0. The van der Waals surface area contributed by atoms with Crippen LogP contribution in [0.15, 0.2) is 72.9 Å². The Morgan fingerprint density at radius 1 is 0.597 bits per heavy atom. The number of hydrogen-bond donors (Lipinski definition) is 4. The van der Waals surface area contributed by atoms with Crippen LogP contribution in [-0.4, -0.2) is 96.0 Å². The molecule has 1 rings (SSSR count). The van der Waals surface area contributed by atoms with Crippen LogP contribution in [0.3, 0.4) is 0 Å². The second kappa shape index (κ2) is 38.5. The Balaban J connectivity index is 2.51. The minimum atomic E-state index is -4.62. The van der Waals surface area contributed by atoms with Gasteiger partial charge in [0.25, 0.3) is 10.1 Å². The molecule has 13 heteroatoms. The summed E-state index contributed by atoms with van der Waals surface area (Å²) in [5, 5.41) is 30.9. The summed E-state index contributed by atoms with van der Waals surface area (Å²) in [6.07, 6.45) is 40.0. The van der Waals surface area contributed by atoms with E-state index in [-0.39, 0.29) is 13.0 Å². The minimum Gasteiger partial charge on any atom is -0.462 e. The second-order valence-electron chi connectivity index (χ2n) is 16.1. The minimum absolute atomic E-state index is 0.159. The van der Waals surface area contributed by atoms with E-state index in [0.29, 0.717) is 6.42 Å². The highest BCUT2D eigenvalue weighted by Gasteiger charge is 2.46. The number of hydrogen-bond acceptors (Lipinski definition) is 11. The molecule has 0 bridgehead atoms. The number of aliphatic hydroxyl groups is 3. The van der Waals surface area contributed by atoms with Crippen molar-refractivity contribution in [1.29, 1.82) is 0 Å². The molecule has 0 aromatic heterocycles. The summed E-state index contributed by atoms with van der Waals surface area (Å²) in [7, 11) is -4.62. The van der Waals surface area contributed by atoms with Crippen molar-refractivity contribution < 1.29 is 56.8 Å². The molecule has 1 fully saturated rings. The third-order valence-electron chi connectivity index (χ3n) is 10.4. The van der Waals surface area contributed by atoms with Crippen molar-refractivity contribution in [3.63, 3.8) is 0 Å². The highest BCUT2D eigenvalue weighted by Crippen LogP contribution is 2.24. The van der Waals surface area contributed by atoms with Gasteiger partial charge in [-0.15, -0.1) is 0 Å². The van der Waals surface area contributed by atoms with Crippen LogP contribution >= 0.6 is 0 Å². The number of ether oxygens (including phenoxy) is 4. The van der Waals surface area contributed by atoms with Gasteiger partial charge in [-0.05, 0) is 64.2 Å². The monoisotopic (exact) mass is 895 g/mol. The zero-order valence-corrected chi connectivity index (χ0v) is 38.8. The molecule has 1 heterocycles. The third-order valence-corrected chi connectivity index (χ3v) is 11.1. The number of unbranched alkanes of at least 4 members (excludes halogenated alkanes) is 17. The second-order valence-corrected chi connectivity index (χ2v) is 17.6. The van der Waals surface area contributed by atoms with Gasteiger partial charge in [-0.1, -0.05) is 164 Å². The molecule has 1 aliphatic heterocycles. The van der Waals surface area contributed by atoms with E-state index in [1.165, 1.54) is 83.1 Å². The van der Waals surface area contributed by atoms with Crippen molar-refractivity contribution in [1.82, 2.24) is 0 Å². The Labute approximate surface area is 374 Å². The molecule has 2 unspecified atom stereocenters. The maximum absolute atomic E-state index is 12.7. The number of allylic oxidation sites excluding steroid dienone is 11. The Morgan fingerprint density at radius 2 is 1.08 bits per heavy atom. The standard InChI is InChI=1S/C49H82O12S/c1-3-5-7-9-11-13-15-17-19-20-21-22-24-25-27-29-31-33-35-37-44(50)58-39-42(40-59-49-48(54)47(53)46(52)43(61-49)41-62(55,56)57)60-45(51)38-36-34-32-30-28-26-23-18-16-14-12-10-8-6-4-2/h11,13,17,19,21-22,25,27,32,34,36,38,42-43,46-49,52-54H,3-10,12,14-16,18,20,23-24,26,28-31,33,35,37,39-41H2,1-2H3,(H,55,56,57)/b13-11+,19-17+,22-21+,27-25+,34-32+,38-36+/t42-,43-,46-,47?,48?,49+/m1/s1. The van der Waals surface area contributed by atoms with Gasteiger partial charge in [0.05, 0.1) is 6.61 Å². The maximum Gasteiger partial charge on any atom is 0.331 e. The molecule has 4 N–H and O–H groups in total. The summed E-state index contributed by atoms with van der Waals surface area (Å²) in [6.45, 7) is 3.60. The largest absolute Gasteiger partial charge is 0.462 e. The predicted molar refractivity (Wildman–Crippen MR) is 247 cm³/mol. The smallest absolute Gasteiger partial charge is 0.331 e. The van der Waals surface area contributed by atoms with Crippen LogP contribution in [0.1, 0.15) is 168 Å².